The van der Waals surface area contributed by atoms with Crippen molar-refractivity contribution in [2.75, 3.05) is 12.8 Å². The van der Waals surface area contributed by atoms with E-state index in [1.165, 1.54) is 53.5 Å². The smallest absolute Gasteiger partial charge is 0.121 e. The van der Waals surface area contributed by atoms with E-state index in [1.54, 1.807) is 7.11 Å². The average molecular weight is 418 g/mol. The van der Waals surface area contributed by atoms with E-state index in [4.69, 9.17) is 10.5 Å². The Kier molecular flexibility index (Phi) is 6.35. The molecule has 2 N–H and O–H groups in total. The summed E-state index contributed by atoms with van der Waals surface area (Å²) in [5.41, 5.74) is 13.7. The Balaban J connectivity index is 1.47. The predicted molar refractivity (Wildman–Crippen MR) is 129 cm³/mol. The molecular formula is C27H35N3O. The molecular weight excluding hydrogens is 382 g/mol. The molecule has 1 aromatic heterocycles. The highest BCUT2D eigenvalue weighted by atomic mass is 16.5. The van der Waals surface area contributed by atoms with Gasteiger partial charge in [0.05, 0.1) is 13.3 Å². The number of methoxy groups -OCH3 is 1. The lowest BCUT2D eigenvalue weighted by atomic mass is 9.75. The second-order valence-corrected chi connectivity index (χ2v) is 9.33. The largest absolute Gasteiger partial charge is 0.496 e. The molecule has 0 aliphatic heterocycles. The Morgan fingerprint density at radius 1 is 1.13 bits per heavy atom. The first-order valence-electron chi connectivity index (χ1n) is 11.5. The molecule has 2 aromatic carbocycles. The molecule has 1 aliphatic carbocycles. The summed E-state index contributed by atoms with van der Waals surface area (Å²) in [6, 6.07) is 13.3. The number of nitrogens with two attached hydrogens (primary N) is 1. The van der Waals surface area contributed by atoms with Crippen LogP contribution < -0.4 is 10.5 Å². The third-order valence-electron chi connectivity index (χ3n) is 6.88. The third kappa shape index (κ3) is 4.63. The second kappa shape index (κ2) is 9.17. The lowest BCUT2D eigenvalue weighted by molar-refractivity contribution is 0.324. The lowest BCUT2D eigenvalue weighted by Crippen LogP contribution is -2.16. The van der Waals surface area contributed by atoms with Gasteiger partial charge in [-0.25, -0.2) is 0 Å². The van der Waals surface area contributed by atoms with Gasteiger partial charge < -0.3 is 10.5 Å². The summed E-state index contributed by atoms with van der Waals surface area (Å²) in [5, 5.41) is 4.54. The van der Waals surface area contributed by atoms with E-state index in [9.17, 15) is 0 Å². The highest BCUT2D eigenvalue weighted by Gasteiger charge is 2.24. The fraction of sp³-hybridized carbons (Fsp3) is 0.444. The zero-order valence-corrected chi connectivity index (χ0v) is 19.3. The number of ether oxygens (including phenoxy) is 1. The molecule has 0 amide bonds. The number of hydrogen-bond acceptors (Lipinski definition) is 3. The molecule has 31 heavy (non-hydrogen) atoms. The lowest BCUT2D eigenvalue weighted by Gasteiger charge is -2.30. The van der Waals surface area contributed by atoms with Crippen LogP contribution in [0.25, 0.3) is 11.1 Å². The maximum absolute atomic E-state index is 6.47. The zero-order valence-electron chi connectivity index (χ0n) is 19.3. The van der Waals surface area contributed by atoms with E-state index in [0.717, 1.165) is 17.9 Å². The van der Waals surface area contributed by atoms with Gasteiger partial charge in [-0.05, 0) is 99.1 Å². The average Bonchev–Trinajstić information content (AvgIpc) is 3.26. The summed E-state index contributed by atoms with van der Waals surface area (Å²) in [6.07, 6.45) is 10.1. The standard InChI is InChI=1S/C27H35N3O/c1-18(2)30-17-23(16-29-30)24-6-5-7-26(28)25(24)15-20-8-10-21(11-9-20)22-12-13-27(31-4)19(3)14-22/h5-7,12-14,16-18,20-21H,8-11,15,28H2,1-4H3/t20-,21-. The quantitative estimate of drug-likeness (QED) is 0.463. The van der Waals surface area contributed by atoms with Gasteiger partial charge in [0.25, 0.3) is 0 Å². The molecule has 0 saturated heterocycles. The van der Waals surface area contributed by atoms with Gasteiger partial charge in [-0.2, -0.15) is 5.10 Å². The SMILES string of the molecule is COc1ccc([C@H]2CC[C@H](Cc3c(N)cccc3-c3cnn(C(C)C)c3)CC2)cc1C. The minimum Gasteiger partial charge on any atom is -0.496 e. The maximum atomic E-state index is 6.47. The van der Waals surface area contributed by atoms with Gasteiger partial charge in [0, 0.05) is 23.5 Å². The third-order valence-corrected chi connectivity index (χ3v) is 6.88. The summed E-state index contributed by atoms with van der Waals surface area (Å²) in [4.78, 5) is 0. The second-order valence-electron chi connectivity index (χ2n) is 9.33. The van der Waals surface area contributed by atoms with Crippen molar-refractivity contribution in [3.8, 4) is 16.9 Å². The molecule has 164 valence electrons. The van der Waals surface area contributed by atoms with Gasteiger partial charge in [0.2, 0.25) is 0 Å². The first-order valence-corrected chi connectivity index (χ1v) is 11.5. The van der Waals surface area contributed by atoms with Crippen LogP contribution >= 0.6 is 0 Å². The van der Waals surface area contributed by atoms with Crippen LogP contribution in [0.2, 0.25) is 0 Å². The molecule has 0 radical (unpaired) electrons. The topological polar surface area (TPSA) is 53.1 Å². The fourth-order valence-corrected chi connectivity index (χ4v) is 5.01. The Labute approximate surface area is 186 Å². The van der Waals surface area contributed by atoms with Crippen molar-refractivity contribution in [3.05, 3.63) is 65.5 Å². The molecule has 1 saturated carbocycles. The minimum absolute atomic E-state index is 0.357. The Bertz CT molecular complexity index is 1030. The summed E-state index contributed by atoms with van der Waals surface area (Å²) in [7, 11) is 1.74. The van der Waals surface area contributed by atoms with Crippen molar-refractivity contribution in [2.45, 2.75) is 64.8 Å². The molecule has 0 unspecified atom stereocenters. The fourth-order valence-electron chi connectivity index (χ4n) is 5.01. The van der Waals surface area contributed by atoms with E-state index in [2.05, 4.69) is 62.4 Å². The van der Waals surface area contributed by atoms with Gasteiger partial charge in [0.1, 0.15) is 5.75 Å². The number of benzene rings is 2. The van der Waals surface area contributed by atoms with Crippen LogP contribution in [0.1, 0.15) is 68.2 Å². The number of rotatable bonds is 6. The van der Waals surface area contributed by atoms with Gasteiger partial charge in [-0.3, -0.25) is 4.68 Å². The number of nitrogens with zero attached hydrogens (tertiary/aromatic N) is 2. The van der Waals surface area contributed by atoms with Crippen LogP contribution in [-0.4, -0.2) is 16.9 Å². The molecule has 0 spiro atoms. The highest BCUT2D eigenvalue weighted by Crippen LogP contribution is 2.40. The molecule has 1 heterocycles. The van der Waals surface area contributed by atoms with E-state index in [0.29, 0.717) is 17.9 Å². The van der Waals surface area contributed by atoms with E-state index in [-0.39, 0.29) is 0 Å². The van der Waals surface area contributed by atoms with Crippen molar-refractivity contribution < 1.29 is 4.74 Å². The monoisotopic (exact) mass is 417 g/mol. The van der Waals surface area contributed by atoms with Gasteiger partial charge >= 0.3 is 0 Å². The number of aryl methyl sites for hydroxylation is 1. The van der Waals surface area contributed by atoms with Crippen LogP contribution in [0, 0.1) is 12.8 Å². The van der Waals surface area contributed by atoms with Gasteiger partial charge in [0.15, 0.2) is 0 Å². The molecule has 4 rings (SSSR count). The molecule has 1 aliphatic rings. The maximum Gasteiger partial charge on any atom is 0.121 e. The summed E-state index contributed by atoms with van der Waals surface area (Å²) in [6.45, 7) is 6.44. The number of aromatic nitrogens is 2. The van der Waals surface area contributed by atoms with Gasteiger partial charge in [-0.15, -0.1) is 0 Å². The van der Waals surface area contributed by atoms with Gasteiger partial charge in [-0.1, -0.05) is 24.3 Å². The highest BCUT2D eigenvalue weighted by molar-refractivity contribution is 5.72. The molecule has 0 bridgehead atoms. The first-order chi connectivity index (χ1) is 15.0. The van der Waals surface area contributed by atoms with Crippen LogP contribution in [0.3, 0.4) is 0 Å². The van der Waals surface area contributed by atoms with Crippen LogP contribution in [0.5, 0.6) is 5.75 Å². The van der Waals surface area contributed by atoms with Crippen molar-refractivity contribution >= 4 is 5.69 Å². The number of hydrogen-bond donors (Lipinski definition) is 1. The molecule has 4 heteroatoms. The van der Waals surface area contributed by atoms with Crippen molar-refractivity contribution in [1.29, 1.82) is 0 Å². The zero-order chi connectivity index (χ0) is 22.0. The van der Waals surface area contributed by atoms with Crippen molar-refractivity contribution in [1.82, 2.24) is 9.78 Å². The molecule has 0 atom stereocenters. The van der Waals surface area contributed by atoms with Crippen molar-refractivity contribution in [2.24, 2.45) is 5.92 Å². The normalized spacial score (nSPS) is 19.0. The minimum atomic E-state index is 0.357. The van der Waals surface area contributed by atoms with Crippen LogP contribution in [-0.2, 0) is 6.42 Å². The summed E-state index contributed by atoms with van der Waals surface area (Å²) in [5.74, 6) is 2.31. The van der Waals surface area contributed by atoms with Crippen LogP contribution in [0.15, 0.2) is 48.8 Å². The summed E-state index contributed by atoms with van der Waals surface area (Å²) < 4.78 is 7.44. The number of anilines is 1. The van der Waals surface area contributed by atoms with E-state index in [1.807, 2.05) is 16.9 Å². The Morgan fingerprint density at radius 2 is 1.90 bits per heavy atom. The Morgan fingerprint density at radius 3 is 2.55 bits per heavy atom. The first kappa shape index (κ1) is 21.5. The predicted octanol–water partition coefficient (Wildman–Crippen LogP) is 6.55. The number of nitrogen functional groups attached to an aromatic ring is 1. The van der Waals surface area contributed by atoms with E-state index < -0.39 is 0 Å². The van der Waals surface area contributed by atoms with Crippen LogP contribution in [0.4, 0.5) is 5.69 Å². The molecule has 4 nitrogen and oxygen atoms in total. The Hall–Kier alpha value is -2.75. The molecule has 3 aromatic rings. The van der Waals surface area contributed by atoms with Crippen molar-refractivity contribution in [3.63, 3.8) is 0 Å². The summed E-state index contributed by atoms with van der Waals surface area (Å²) >= 11 is 0. The van der Waals surface area contributed by atoms with E-state index >= 15 is 0 Å². The molecule has 1 fully saturated rings.